The molecular weight excluding hydrogens is 494 g/mol. The molecule has 5 amide bonds. The molecule has 2 fully saturated rings. The molecule has 3 unspecified atom stereocenters. The zero-order valence-corrected chi connectivity index (χ0v) is 22.3. The van der Waals surface area contributed by atoms with Crippen molar-refractivity contribution < 1.29 is 19.2 Å². The number of thioether (sulfide) groups is 1. The number of amides is 5. The fourth-order valence-corrected chi connectivity index (χ4v) is 6.19. The average molecular weight is 534 g/mol. The zero-order valence-electron chi connectivity index (χ0n) is 19.7. The molecule has 0 aliphatic carbocycles. The Morgan fingerprint density at radius 1 is 0.853 bits per heavy atom. The molecule has 0 bridgehead atoms. The fraction of sp³-hybridized carbons (Fsp3) is 0.818. The maximum absolute atomic E-state index is 12.9. The van der Waals surface area contributed by atoms with Crippen molar-refractivity contribution in [2.45, 2.75) is 94.4 Å². The number of carbonyl (C=O) groups excluding carboxylic acids is 4. The van der Waals surface area contributed by atoms with Gasteiger partial charge < -0.3 is 25.0 Å². The van der Waals surface area contributed by atoms with Crippen molar-refractivity contribution in [3.63, 3.8) is 0 Å². The predicted molar refractivity (Wildman–Crippen MR) is 142 cm³/mol. The molecule has 9 nitrogen and oxygen atoms in total. The van der Waals surface area contributed by atoms with Crippen LogP contribution < -0.4 is 20.1 Å². The number of urea groups is 1. The van der Waals surface area contributed by atoms with Gasteiger partial charge in [-0.15, -0.1) is 0 Å². The van der Waals surface area contributed by atoms with Gasteiger partial charge in [0.25, 0.3) is 0 Å². The minimum absolute atomic E-state index is 0.0661. The van der Waals surface area contributed by atoms with Gasteiger partial charge in [0.05, 0.1) is 12.1 Å². The molecule has 0 aromatic rings. The highest BCUT2D eigenvalue weighted by Crippen LogP contribution is 2.33. The number of nitrogens with zero attached hydrogens (tertiary/aromatic N) is 1. The highest BCUT2D eigenvalue weighted by Gasteiger charge is 2.42. The summed E-state index contributed by atoms with van der Waals surface area (Å²) in [6.07, 6.45) is 9.28. The standard InChI is InChI=1S/C22H39N5O4S3/c28-18(25-32)10-3-1-7-13-27(14-8-2-4-11-19(29)26-33)20(30)12-6-5-9-17-21-16(15-34-17)23-22(31)24-21/h16-17,21,32-33H,1-15H2,(H,25,28)(H,26,29)(H2,23,24,31). The van der Waals surface area contributed by atoms with E-state index >= 15 is 0 Å². The molecule has 2 rings (SSSR count). The molecule has 2 heterocycles. The molecule has 3 atom stereocenters. The molecule has 194 valence electrons. The second-order valence-electron chi connectivity index (χ2n) is 8.94. The second-order valence-corrected chi connectivity index (χ2v) is 10.7. The maximum Gasteiger partial charge on any atom is 0.315 e. The average Bonchev–Trinajstić information content (AvgIpc) is 3.38. The highest BCUT2D eigenvalue weighted by atomic mass is 32.2. The molecule has 0 radical (unpaired) electrons. The lowest BCUT2D eigenvalue weighted by Gasteiger charge is -2.23. The predicted octanol–water partition coefficient (Wildman–Crippen LogP) is 2.58. The fourth-order valence-electron chi connectivity index (χ4n) is 4.43. The number of rotatable bonds is 17. The number of hydrogen-bond acceptors (Lipinski definition) is 7. The van der Waals surface area contributed by atoms with Gasteiger partial charge in [-0.2, -0.15) is 11.8 Å². The van der Waals surface area contributed by atoms with E-state index in [0.717, 1.165) is 63.5 Å². The molecule has 4 N–H and O–H groups in total. The van der Waals surface area contributed by atoms with Crippen molar-refractivity contribution >= 4 is 61.1 Å². The van der Waals surface area contributed by atoms with Gasteiger partial charge in [0.2, 0.25) is 17.7 Å². The molecule has 0 aromatic carbocycles. The van der Waals surface area contributed by atoms with Gasteiger partial charge >= 0.3 is 6.03 Å². The third-order valence-corrected chi connectivity index (χ3v) is 8.34. The monoisotopic (exact) mass is 533 g/mol. The summed E-state index contributed by atoms with van der Waals surface area (Å²) < 4.78 is 4.66. The number of thiol groups is 2. The third-order valence-electron chi connectivity index (χ3n) is 6.33. The summed E-state index contributed by atoms with van der Waals surface area (Å²) >= 11 is 9.42. The van der Waals surface area contributed by atoms with Crippen LogP contribution in [0.2, 0.25) is 0 Å². The summed E-state index contributed by atoms with van der Waals surface area (Å²) in [6.45, 7) is 1.39. The second kappa shape index (κ2) is 16.4. The van der Waals surface area contributed by atoms with E-state index in [2.05, 4.69) is 45.7 Å². The van der Waals surface area contributed by atoms with Crippen molar-refractivity contribution in [3.8, 4) is 0 Å². The topological polar surface area (TPSA) is 120 Å². The summed E-state index contributed by atoms with van der Waals surface area (Å²) in [4.78, 5) is 49.0. The molecule has 0 spiro atoms. The van der Waals surface area contributed by atoms with Crippen LogP contribution in [0.5, 0.6) is 0 Å². The number of fused-ring (bicyclic) bond motifs is 1. The molecule has 2 saturated heterocycles. The van der Waals surface area contributed by atoms with Crippen LogP contribution in [0.4, 0.5) is 4.79 Å². The minimum Gasteiger partial charge on any atom is -0.343 e. The van der Waals surface area contributed by atoms with E-state index in [0.29, 0.717) is 37.6 Å². The van der Waals surface area contributed by atoms with E-state index < -0.39 is 0 Å². The Bertz CT molecular complexity index is 659. The summed E-state index contributed by atoms with van der Waals surface area (Å²) in [5, 5.41) is 6.39. The van der Waals surface area contributed by atoms with Crippen LogP contribution in [0.1, 0.15) is 77.0 Å². The Balaban J connectivity index is 1.68. The van der Waals surface area contributed by atoms with Gasteiger partial charge in [-0.1, -0.05) is 44.9 Å². The van der Waals surface area contributed by atoms with E-state index in [-0.39, 0.29) is 35.8 Å². The first-order valence-corrected chi connectivity index (χ1v) is 14.2. The molecule has 12 heteroatoms. The van der Waals surface area contributed by atoms with E-state index in [9.17, 15) is 19.2 Å². The van der Waals surface area contributed by atoms with Gasteiger partial charge in [0, 0.05) is 43.4 Å². The van der Waals surface area contributed by atoms with Gasteiger partial charge in [0.15, 0.2) is 0 Å². The summed E-state index contributed by atoms with van der Waals surface area (Å²) in [6, 6.07) is 0.375. The van der Waals surface area contributed by atoms with Crippen LogP contribution in [0.25, 0.3) is 0 Å². The van der Waals surface area contributed by atoms with Crippen LogP contribution >= 0.6 is 37.4 Å². The Labute approximate surface area is 218 Å². The van der Waals surface area contributed by atoms with Gasteiger partial charge in [-0.25, -0.2) is 4.79 Å². The van der Waals surface area contributed by atoms with Gasteiger partial charge in [-0.05, 0) is 38.5 Å². The largest absolute Gasteiger partial charge is 0.343 e. The molecule has 2 aliphatic heterocycles. The van der Waals surface area contributed by atoms with Crippen LogP contribution in [0.3, 0.4) is 0 Å². The molecule has 2 aliphatic rings. The normalized spacial score (nSPS) is 20.9. The van der Waals surface area contributed by atoms with Gasteiger partial charge in [-0.3, -0.25) is 14.4 Å². The molecular formula is C22H39N5O4S3. The lowest BCUT2D eigenvalue weighted by Crippen LogP contribution is -2.36. The maximum atomic E-state index is 12.9. The van der Waals surface area contributed by atoms with Gasteiger partial charge in [0.1, 0.15) is 0 Å². The SMILES string of the molecule is O=C(CCCCCN(CCCCCC(=O)NS)C(=O)CCCCC1SCC2NC(=O)NC21)NS. The van der Waals surface area contributed by atoms with Crippen LogP contribution in [-0.2, 0) is 14.4 Å². The highest BCUT2D eigenvalue weighted by molar-refractivity contribution is 8.00. The minimum atomic E-state index is -0.0822. The third kappa shape index (κ3) is 10.6. The first-order valence-electron chi connectivity index (χ1n) is 12.3. The lowest BCUT2D eigenvalue weighted by molar-refractivity contribution is -0.131. The van der Waals surface area contributed by atoms with Crippen molar-refractivity contribution in [1.82, 2.24) is 25.0 Å². The van der Waals surface area contributed by atoms with E-state index in [1.54, 1.807) is 0 Å². The van der Waals surface area contributed by atoms with Crippen LogP contribution in [0.15, 0.2) is 0 Å². The van der Waals surface area contributed by atoms with Crippen molar-refractivity contribution in [1.29, 1.82) is 0 Å². The van der Waals surface area contributed by atoms with Crippen LogP contribution in [0, 0.1) is 0 Å². The number of nitrogens with one attached hydrogen (secondary N) is 4. The number of carbonyl (C=O) groups is 4. The Hall–Kier alpha value is -1.27. The first kappa shape index (κ1) is 29.0. The van der Waals surface area contributed by atoms with Crippen molar-refractivity contribution in [2.24, 2.45) is 0 Å². The van der Waals surface area contributed by atoms with E-state index in [4.69, 9.17) is 0 Å². The first-order chi connectivity index (χ1) is 16.4. The summed E-state index contributed by atoms with van der Waals surface area (Å²) in [7, 11) is 0. The Morgan fingerprint density at radius 3 is 2.03 bits per heavy atom. The molecule has 0 aromatic heterocycles. The zero-order chi connectivity index (χ0) is 24.8. The number of unbranched alkanes of at least 4 members (excludes halogenated alkanes) is 5. The Morgan fingerprint density at radius 2 is 1.44 bits per heavy atom. The van der Waals surface area contributed by atoms with Crippen molar-refractivity contribution in [2.75, 3.05) is 18.8 Å². The van der Waals surface area contributed by atoms with E-state index in [1.807, 2.05) is 16.7 Å². The molecule has 0 saturated carbocycles. The Kier molecular flexibility index (Phi) is 14.0. The van der Waals surface area contributed by atoms with E-state index in [1.165, 1.54) is 0 Å². The van der Waals surface area contributed by atoms with Crippen molar-refractivity contribution in [3.05, 3.63) is 0 Å². The smallest absolute Gasteiger partial charge is 0.315 e. The number of hydrogen-bond donors (Lipinski definition) is 6. The molecule has 34 heavy (non-hydrogen) atoms. The summed E-state index contributed by atoms with van der Waals surface area (Å²) in [5.41, 5.74) is 0. The summed E-state index contributed by atoms with van der Waals surface area (Å²) in [5.74, 6) is 0.961. The quantitative estimate of drug-likeness (QED) is 0.0976. The lowest BCUT2D eigenvalue weighted by atomic mass is 10.0. The van der Waals surface area contributed by atoms with Crippen LogP contribution in [-0.4, -0.2) is 64.8 Å².